The summed E-state index contributed by atoms with van der Waals surface area (Å²) in [6.45, 7) is -0.613. The first-order valence-electron chi connectivity index (χ1n) is 10.1. The fraction of sp³-hybridized carbons (Fsp3) is 0.348. The van der Waals surface area contributed by atoms with E-state index in [0.717, 1.165) is 0 Å². The molecule has 1 aliphatic heterocycles. The van der Waals surface area contributed by atoms with Gasteiger partial charge in [0, 0.05) is 17.7 Å². The van der Waals surface area contributed by atoms with Gasteiger partial charge in [-0.2, -0.15) is 0 Å². The summed E-state index contributed by atoms with van der Waals surface area (Å²) in [4.78, 5) is 12.9. The molecule has 33 heavy (non-hydrogen) atoms. The molecule has 0 aliphatic carbocycles. The maximum absolute atomic E-state index is 12.9. The number of benzene rings is 2. The van der Waals surface area contributed by atoms with Crippen molar-refractivity contribution >= 4 is 11.0 Å². The minimum absolute atomic E-state index is 0.0143. The van der Waals surface area contributed by atoms with Gasteiger partial charge in [-0.25, -0.2) is 0 Å². The van der Waals surface area contributed by atoms with Crippen LogP contribution in [0, 0.1) is 0 Å². The zero-order valence-corrected chi connectivity index (χ0v) is 17.9. The Morgan fingerprint density at radius 3 is 2.30 bits per heavy atom. The van der Waals surface area contributed by atoms with Crippen LogP contribution in [0.25, 0.3) is 22.3 Å². The largest absolute Gasteiger partial charge is 0.496 e. The molecule has 3 aromatic rings. The molecule has 2 aromatic carbocycles. The lowest BCUT2D eigenvalue weighted by Crippen LogP contribution is -2.60. The van der Waals surface area contributed by atoms with E-state index in [1.807, 2.05) is 6.07 Å². The molecule has 0 bridgehead atoms. The first kappa shape index (κ1) is 23.0. The summed E-state index contributed by atoms with van der Waals surface area (Å²) in [6.07, 6.45) is -7.44. The van der Waals surface area contributed by atoms with Gasteiger partial charge in [0.05, 0.1) is 20.8 Å². The molecule has 0 spiro atoms. The Morgan fingerprint density at radius 2 is 1.67 bits per heavy atom. The SMILES string of the molecule is COc1c(O[C@@H]2OC(CO)[C@@H](O)[C@H](O)C2O)cc(OC)c2c(=O)cc(-c3ccccc3)oc12. The number of aliphatic hydroxyl groups is 4. The van der Waals surface area contributed by atoms with Crippen molar-refractivity contribution in [3.05, 3.63) is 52.7 Å². The average Bonchev–Trinajstić information content (AvgIpc) is 2.84. The van der Waals surface area contributed by atoms with E-state index in [0.29, 0.717) is 11.3 Å². The van der Waals surface area contributed by atoms with Crippen LogP contribution in [0.15, 0.2) is 51.7 Å². The summed E-state index contributed by atoms with van der Waals surface area (Å²) < 4.78 is 28.0. The van der Waals surface area contributed by atoms with E-state index < -0.39 is 37.3 Å². The second kappa shape index (κ2) is 9.38. The molecule has 176 valence electrons. The molecule has 10 heteroatoms. The smallest absolute Gasteiger partial charge is 0.229 e. The fourth-order valence-electron chi connectivity index (χ4n) is 3.73. The van der Waals surface area contributed by atoms with Gasteiger partial charge in [-0.3, -0.25) is 4.79 Å². The molecule has 0 amide bonds. The van der Waals surface area contributed by atoms with Crippen LogP contribution in [0.2, 0.25) is 0 Å². The van der Waals surface area contributed by atoms with Gasteiger partial charge in [0.1, 0.15) is 41.3 Å². The van der Waals surface area contributed by atoms with Crippen LogP contribution in [0.5, 0.6) is 17.2 Å². The Morgan fingerprint density at radius 1 is 0.939 bits per heavy atom. The number of rotatable bonds is 6. The third kappa shape index (κ3) is 4.14. The van der Waals surface area contributed by atoms with E-state index in [4.69, 9.17) is 23.4 Å². The van der Waals surface area contributed by atoms with Gasteiger partial charge in [0.25, 0.3) is 0 Å². The summed E-state index contributed by atoms with van der Waals surface area (Å²) in [5, 5.41) is 39.9. The Hall–Kier alpha value is -3.15. The first-order chi connectivity index (χ1) is 15.9. The van der Waals surface area contributed by atoms with Crippen molar-refractivity contribution in [3.8, 4) is 28.6 Å². The van der Waals surface area contributed by atoms with Gasteiger partial charge in [-0.15, -0.1) is 0 Å². The molecule has 10 nitrogen and oxygen atoms in total. The highest BCUT2D eigenvalue weighted by Crippen LogP contribution is 2.42. The molecule has 4 rings (SSSR count). The maximum Gasteiger partial charge on any atom is 0.229 e. The summed E-state index contributed by atoms with van der Waals surface area (Å²) in [7, 11) is 2.71. The highest BCUT2D eigenvalue weighted by molar-refractivity contribution is 5.92. The van der Waals surface area contributed by atoms with Crippen molar-refractivity contribution in [2.24, 2.45) is 0 Å². The molecule has 1 aromatic heterocycles. The first-order valence-corrected chi connectivity index (χ1v) is 10.1. The van der Waals surface area contributed by atoms with Gasteiger partial charge in [-0.05, 0) is 0 Å². The molecule has 4 N–H and O–H groups in total. The number of hydrogen-bond donors (Lipinski definition) is 4. The van der Waals surface area contributed by atoms with Gasteiger partial charge in [0.15, 0.2) is 16.8 Å². The lowest BCUT2D eigenvalue weighted by atomic mass is 9.99. The second-order valence-corrected chi connectivity index (χ2v) is 7.47. The third-order valence-corrected chi connectivity index (χ3v) is 5.46. The highest BCUT2D eigenvalue weighted by Gasteiger charge is 2.45. The highest BCUT2D eigenvalue weighted by atomic mass is 16.7. The molecule has 5 atom stereocenters. The second-order valence-electron chi connectivity index (χ2n) is 7.47. The van der Waals surface area contributed by atoms with E-state index in [2.05, 4.69) is 0 Å². The van der Waals surface area contributed by atoms with E-state index in [1.165, 1.54) is 26.4 Å². The van der Waals surface area contributed by atoms with Crippen LogP contribution in [-0.2, 0) is 4.74 Å². The van der Waals surface area contributed by atoms with Crippen LogP contribution in [0.3, 0.4) is 0 Å². The third-order valence-electron chi connectivity index (χ3n) is 5.46. The van der Waals surface area contributed by atoms with Crippen molar-refractivity contribution in [1.82, 2.24) is 0 Å². The normalized spacial score (nSPS) is 25.1. The zero-order valence-electron chi connectivity index (χ0n) is 17.9. The number of aliphatic hydroxyl groups excluding tert-OH is 4. The van der Waals surface area contributed by atoms with Crippen LogP contribution in [0.4, 0.5) is 0 Å². The lowest BCUT2D eigenvalue weighted by Gasteiger charge is -2.39. The zero-order chi connectivity index (χ0) is 23.7. The topological polar surface area (TPSA) is 148 Å². The molecule has 1 aliphatic rings. The molecule has 0 radical (unpaired) electrons. The van der Waals surface area contributed by atoms with Crippen molar-refractivity contribution in [2.45, 2.75) is 30.7 Å². The van der Waals surface area contributed by atoms with Crippen LogP contribution < -0.4 is 19.6 Å². The molecule has 1 saturated heterocycles. The number of methoxy groups -OCH3 is 2. The predicted octanol–water partition coefficient (Wildman–Crippen LogP) is 0.656. The van der Waals surface area contributed by atoms with E-state index in [1.54, 1.807) is 24.3 Å². The van der Waals surface area contributed by atoms with Crippen LogP contribution in [0.1, 0.15) is 0 Å². The van der Waals surface area contributed by atoms with E-state index >= 15 is 0 Å². The maximum atomic E-state index is 12.9. The number of fused-ring (bicyclic) bond motifs is 1. The van der Waals surface area contributed by atoms with Gasteiger partial charge in [-0.1, -0.05) is 30.3 Å². The Bertz CT molecular complexity index is 1170. The van der Waals surface area contributed by atoms with E-state index in [9.17, 15) is 25.2 Å². The van der Waals surface area contributed by atoms with Gasteiger partial charge < -0.3 is 43.8 Å². The molecular weight excluding hydrogens is 436 g/mol. The molecular formula is C23H24O10. The number of hydrogen-bond acceptors (Lipinski definition) is 10. The quantitative estimate of drug-likeness (QED) is 0.413. The summed E-state index contributed by atoms with van der Waals surface area (Å²) >= 11 is 0. The lowest BCUT2D eigenvalue weighted by molar-refractivity contribution is -0.277. The predicted molar refractivity (Wildman–Crippen MR) is 115 cm³/mol. The molecule has 1 fully saturated rings. The van der Waals surface area contributed by atoms with Crippen molar-refractivity contribution in [1.29, 1.82) is 0 Å². The van der Waals surface area contributed by atoms with Crippen molar-refractivity contribution in [2.75, 3.05) is 20.8 Å². The Balaban J connectivity index is 1.84. The summed E-state index contributed by atoms with van der Waals surface area (Å²) in [5.74, 6) is 0.425. The molecule has 2 unspecified atom stereocenters. The van der Waals surface area contributed by atoms with Gasteiger partial charge in [0.2, 0.25) is 12.0 Å². The fourth-order valence-corrected chi connectivity index (χ4v) is 3.73. The van der Waals surface area contributed by atoms with Crippen molar-refractivity contribution < 1.29 is 43.8 Å². The molecule has 0 saturated carbocycles. The monoisotopic (exact) mass is 460 g/mol. The van der Waals surface area contributed by atoms with Gasteiger partial charge >= 0.3 is 0 Å². The molecule has 2 heterocycles. The van der Waals surface area contributed by atoms with E-state index in [-0.39, 0.29) is 33.6 Å². The Labute approximate surface area is 188 Å². The summed E-state index contributed by atoms with van der Waals surface area (Å²) in [6, 6.07) is 11.7. The minimum Gasteiger partial charge on any atom is -0.496 e. The summed E-state index contributed by atoms with van der Waals surface area (Å²) in [5.41, 5.74) is 0.338. The standard InChI is InChI=1S/C23H24O10/c1-29-14-9-15(32-23-20(28)19(27)18(26)16(10-24)33-23)21(30-2)22-17(14)12(25)8-13(31-22)11-6-4-3-5-7-11/h3-9,16,18-20,23-24,26-28H,10H2,1-2H3/t16?,18-,19+,20?,23-/m1/s1. The van der Waals surface area contributed by atoms with Crippen LogP contribution in [-0.4, -0.2) is 72.0 Å². The Kier molecular flexibility index (Phi) is 6.54. The average molecular weight is 460 g/mol. The number of ether oxygens (including phenoxy) is 4. The van der Waals surface area contributed by atoms with Crippen molar-refractivity contribution in [3.63, 3.8) is 0 Å². The minimum atomic E-state index is -1.64. The van der Waals surface area contributed by atoms with Crippen LogP contribution >= 0.6 is 0 Å².